The maximum absolute atomic E-state index is 5.48. The van der Waals surface area contributed by atoms with Crippen LogP contribution in [-0.2, 0) is 4.74 Å². The fourth-order valence-electron chi connectivity index (χ4n) is 3.26. The normalized spacial score (nSPS) is 34.8. The quantitative estimate of drug-likeness (QED) is 0.815. The molecule has 0 spiro atoms. The molecule has 0 amide bonds. The summed E-state index contributed by atoms with van der Waals surface area (Å²) in [7, 11) is 0. The van der Waals surface area contributed by atoms with E-state index in [-0.39, 0.29) is 0 Å². The summed E-state index contributed by atoms with van der Waals surface area (Å²) >= 11 is 0. The molecule has 1 N–H and O–H groups in total. The first-order valence-electron chi connectivity index (χ1n) is 7.29. The van der Waals surface area contributed by atoms with E-state index in [1.807, 2.05) is 0 Å². The van der Waals surface area contributed by atoms with Crippen LogP contribution < -0.4 is 5.32 Å². The standard InChI is InChI=1S/C14H28N2O/c1-4-14-10-16(11(2)9-15-14)12(3)13-5-7-17-8-6-13/h11-15H,4-10H2,1-3H3. The second-order valence-electron chi connectivity index (χ2n) is 5.75. The van der Waals surface area contributed by atoms with Gasteiger partial charge >= 0.3 is 0 Å². The lowest BCUT2D eigenvalue weighted by atomic mass is 9.90. The Morgan fingerprint density at radius 2 is 2.06 bits per heavy atom. The van der Waals surface area contributed by atoms with E-state index in [0.717, 1.165) is 25.7 Å². The van der Waals surface area contributed by atoms with Crippen molar-refractivity contribution in [2.24, 2.45) is 5.92 Å². The average Bonchev–Trinajstić information content (AvgIpc) is 2.39. The van der Waals surface area contributed by atoms with Gasteiger partial charge in [-0.05, 0) is 39.0 Å². The third-order valence-electron chi connectivity index (χ3n) is 4.66. The molecule has 3 nitrogen and oxygen atoms in total. The van der Waals surface area contributed by atoms with E-state index in [9.17, 15) is 0 Å². The molecule has 3 atom stereocenters. The number of hydrogen-bond acceptors (Lipinski definition) is 3. The molecule has 2 rings (SSSR count). The second kappa shape index (κ2) is 6.17. The molecule has 2 fully saturated rings. The zero-order chi connectivity index (χ0) is 12.3. The molecular formula is C14H28N2O. The summed E-state index contributed by atoms with van der Waals surface area (Å²) in [6.45, 7) is 11.4. The van der Waals surface area contributed by atoms with Crippen LogP contribution >= 0.6 is 0 Å². The van der Waals surface area contributed by atoms with E-state index >= 15 is 0 Å². The Kier molecular flexibility index (Phi) is 4.83. The molecule has 0 aromatic carbocycles. The smallest absolute Gasteiger partial charge is 0.0469 e. The van der Waals surface area contributed by atoms with Crippen molar-refractivity contribution >= 4 is 0 Å². The van der Waals surface area contributed by atoms with Gasteiger partial charge in [-0.1, -0.05) is 6.92 Å². The van der Waals surface area contributed by atoms with E-state index in [1.54, 1.807) is 0 Å². The highest BCUT2D eigenvalue weighted by Gasteiger charge is 2.32. The number of nitrogens with zero attached hydrogens (tertiary/aromatic N) is 1. The van der Waals surface area contributed by atoms with Gasteiger partial charge in [0.25, 0.3) is 0 Å². The number of ether oxygens (including phenoxy) is 1. The molecule has 0 radical (unpaired) electrons. The molecule has 3 heteroatoms. The Labute approximate surface area is 106 Å². The lowest BCUT2D eigenvalue weighted by Gasteiger charge is -2.45. The summed E-state index contributed by atoms with van der Waals surface area (Å²) < 4.78 is 5.48. The van der Waals surface area contributed by atoms with Crippen molar-refractivity contribution in [3.05, 3.63) is 0 Å². The van der Waals surface area contributed by atoms with Crippen molar-refractivity contribution in [1.82, 2.24) is 10.2 Å². The van der Waals surface area contributed by atoms with Crippen molar-refractivity contribution in [1.29, 1.82) is 0 Å². The SMILES string of the molecule is CCC1CN(C(C)C2CCOCC2)C(C)CN1. The van der Waals surface area contributed by atoms with Crippen LogP contribution in [0.1, 0.15) is 40.0 Å². The first kappa shape index (κ1) is 13.3. The first-order chi connectivity index (χ1) is 8.22. The number of nitrogens with one attached hydrogen (secondary N) is 1. The highest BCUT2D eigenvalue weighted by molar-refractivity contribution is 4.88. The lowest BCUT2D eigenvalue weighted by Crippen LogP contribution is -2.59. The summed E-state index contributed by atoms with van der Waals surface area (Å²) in [6.07, 6.45) is 3.73. The maximum Gasteiger partial charge on any atom is 0.0469 e. The van der Waals surface area contributed by atoms with Gasteiger partial charge < -0.3 is 10.1 Å². The third-order valence-corrected chi connectivity index (χ3v) is 4.66. The van der Waals surface area contributed by atoms with E-state index in [1.165, 1.54) is 25.8 Å². The number of rotatable bonds is 3. The summed E-state index contributed by atoms with van der Waals surface area (Å²) in [5, 5.41) is 3.64. The van der Waals surface area contributed by atoms with Gasteiger partial charge in [-0.15, -0.1) is 0 Å². The van der Waals surface area contributed by atoms with Gasteiger partial charge in [-0.2, -0.15) is 0 Å². The monoisotopic (exact) mass is 240 g/mol. The number of hydrogen-bond donors (Lipinski definition) is 1. The Morgan fingerprint density at radius 1 is 1.35 bits per heavy atom. The van der Waals surface area contributed by atoms with E-state index < -0.39 is 0 Å². The molecule has 0 saturated carbocycles. The van der Waals surface area contributed by atoms with Gasteiger partial charge in [0, 0.05) is 44.4 Å². The molecule has 2 aliphatic rings. The Morgan fingerprint density at radius 3 is 2.71 bits per heavy atom. The van der Waals surface area contributed by atoms with Gasteiger partial charge in [-0.25, -0.2) is 0 Å². The zero-order valence-corrected chi connectivity index (χ0v) is 11.6. The minimum Gasteiger partial charge on any atom is -0.381 e. The van der Waals surface area contributed by atoms with E-state index in [4.69, 9.17) is 4.74 Å². The Hall–Kier alpha value is -0.120. The van der Waals surface area contributed by atoms with Crippen LogP contribution in [0.25, 0.3) is 0 Å². The minimum absolute atomic E-state index is 0.677. The molecule has 2 aliphatic heterocycles. The fourth-order valence-corrected chi connectivity index (χ4v) is 3.26. The van der Waals surface area contributed by atoms with Gasteiger partial charge in [0.15, 0.2) is 0 Å². The highest BCUT2D eigenvalue weighted by Crippen LogP contribution is 2.25. The summed E-state index contributed by atoms with van der Waals surface area (Å²) in [5.74, 6) is 0.835. The van der Waals surface area contributed by atoms with Crippen molar-refractivity contribution < 1.29 is 4.74 Å². The Bertz CT molecular complexity index is 228. The van der Waals surface area contributed by atoms with Gasteiger partial charge in [0.1, 0.15) is 0 Å². The first-order valence-corrected chi connectivity index (χ1v) is 7.29. The topological polar surface area (TPSA) is 24.5 Å². The molecule has 0 aliphatic carbocycles. The molecule has 17 heavy (non-hydrogen) atoms. The minimum atomic E-state index is 0.677. The summed E-state index contributed by atoms with van der Waals surface area (Å²) in [5.41, 5.74) is 0. The molecule has 0 bridgehead atoms. The third kappa shape index (κ3) is 3.21. The molecule has 2 heterocycles. The molecule has 2 saturated heterocycles. The molecule has 0 aromatic heterocycles. The van der Waals surface area contributed by atoms with Gasteiger partial charge in [0.2, 0.25) is 0 Å². The highest BCUT2D eigenvalue weighted by atomic mass is 16.5. The van der Waals surface area contributed by atoms with Gasteiger partial charge in [-0.3, -0.25) is 4.90 Å². The van der Waals surface area contributed by atoms with Crippen LogP contribution in [0.5, 0.6) is 0 Å². The van der Waals surface area contributed by atoms with Crippen LogP contribution in [0.4, 0.5) is 0 Å². The predicted octanol–water partition coefficient (Wildman–Crippen LogP) is 1.87. The Balaban J connectivity index is 1.93. The van der Waals surface area contributed by atoms with Crippen LogP contribution in [-0.4, -0.2) is 49.3 Å². The average molecular weight is 240 g/mol. The molecular weight excluding hydrogens is 212 g/mol. The number of piperazine rings is 1. The molecule has 3 unspecified atom stereocenters. The largest absolute Gasteiger partial charge is 0.381 e. The maximum atomic E-state index is 5.48. The van der Waals surface area contributed by atoms with Crippen molar-refractivity contribution in [2.45, 2.75) is 58.2 Å². The fraction of sp³-hybridized carbons (Fsp3) is 1.00. The van der Waals surface area contributed by atoms with Crippen molar-refractivity contribution in [3.8, 4) is 0 Å². The van der Waals surface area contributed by atoms with Crippen LogP contribution in [0, 0.1) is 5.92 Å². The van der Waals surface area contributed by atoms with Crippen LogP contribution in [0.15, 0.2) is 0 Å². The second-order valence-corrected chi connectivity index (χ2v) is 5.75. The van der Waals surface area contributed by atoms with E-state index in [0.29, 0.717) is 18.1 Å². The van der Waals surface area contributed by atoms with Crippen molar-refractivity contribution in [3.63, 3.8) is 0 Å². The predicted molar refractivity (Wildman–Crippen MR) is 71.3 cm³/mol. The zero-order valence-electron chi connectivity index (χ0n) is 11.6. The van der Waals surface area contributed by atoms with Crippen molar-refractivity contribution in [2.75, 3.05) is 26.3 Å². The summed E-state index contributed by atoms with van der Waals surface area (Å²) in [6, 6.07) is 2.08. The lowest BCUT2D eigenvalue weighted by molar-refractivity contribution is 0.00710. The van der Waals surface area contributed by atoms with E-state index in [2.05, 4.69) is 31.0 Å². The molecule has 0 aromatic rings. The van der Waals surface area contributed by atoms with Crippen LogP contribution in [0.3, 0.4) is 0 Å². The molecule has 100 valence electrons. The summed E-state index contributed by atoms with van der Waals surface area (Å²) in [4.78, 5) is 2.72. The van der Waals surface area contributed by atoms with Gasteiger partial charge in [0.05, 0.1) is 0 Å². The van der Waals surface area contributed by atoms with Crippen LogP contribution in [0.2, 0.25) is 0 Å².